The average Bonchev–Trinajstić information content (AvgIpc) is 3.13. The number of hydrogen-bond acceptors (Lipinski definition) is 5. The third-order valence-electron chi connectivity index (χ3n) is 5.01. The van der Waals surface area contributed by atoms with Gasteiger partial charge in [-0.05, 0) is 35.9 Å². The second-order valence-electron chi connectivity index (χ2n) is 7.23. The van der Waals surface area contributed by atoms with Gasteiger partial charge in [0.05, 0.1) is 17.3 Å². The van der Waals surface area contributed by atoms with Crippen molar-refractivity contribution in [3.8, 4) is 0 Å². The maximum atomic E-state index is 12.8. The molecule has 1 atom stereocenters. The van der Waals surface area contributed by atoms with Crippen LogP contribution in [0, 0.1) is 0 Å². The Hall–Kier alpha value is -3.85. The first-order valence-corrected chi connectivity index (χ1v) is 10.1. The lowest BCUT2D eigenvalue weighted by Gasteiger charge is -2.32. The van der Waals surface area contributed by atoms with Gasteiger partial charge in [0.15, 0.2) is 0 Å². The molecule has 0 spiro atoms. The van der Waals surface area contributed by atoms with Crippen LogP contribution in [0.2, 0.25) is 5.02 Å². The fourth-order valence-corrected chi connectivity index (χ4v) is 3.85. The number of hydrogen-bond donors (Lipinski definition) is 3. The van der Waals surface area contributed by atoms with Crippen LogP contribution in [0.3, 0.4) is 0 Å². The Morgan fingerprint density at radius 1 is 1.09 bits per heavy atom. The van der Waals surface area contributed by atoms with Gasteiger partial charge in [-0.15, -0.1) is 0 Å². The molecular formula is C22H19ClN4O5. The number of esters is 1. The molecule has 0 aromatic heterocycles. The highest BCUT2D eigenvalue weighted by molar-refractivity contribution is 6.31. The van der Waals surface area contributed by atoms with Crippen molar-refractivity contribution in [3.63, 3.8) is 0 Å². The van der Waals surface area contributed by atoms with E-state index in [1.54, 1.807) is 48.5 Å². The summed E-state index contributed by atoms with van der Waals surface area (Å²) in [7, 11) is 0. The second kappa shape index (κ2) is 8.72. The number of carbonyl (C=O) groups excluding carboxylic acids is 4. The van der Waals surface area contributed by atoms with E-state index in [1.807, 2.05) is 0 Å². The number of cyclic esters (lactones) is 1. The molecule has 0 radical (unpaired) electrons. The van der Waals surface area contributed by atoms with Crippen LogP contribution in [-0.2, 0) is 19.1 Å². The van der Waals surface area contributed by atoms with Crippen molar-refractivity contribution in [1.29, 1.82) is 0 Å². The molecule has 0 saturated carbocycles. The zero-order valence-electron chi connectivity index (χ0n) is 17.0. The van der Waals surface area contributed by atoms with E-state index in [-0.39, 0.29) is 24.6 Å². The molecule has 9 nitrogen and oxygen atoms in total. The molecule has 2 heterocycles. The number of rotatable bonds is 5. The number of amides is 4. The fraction of sp³-hybridized carbons (Fsp3) is 0.182. The summed E-state index contributed by atoms with van der Waals surface area (Å²) in [6.07, 6.45) is 0. The normalized spacial score (nSPS) is 17.4. The van der Waals surface area contributed by atoms with E-state index in [0.29, 0.717) is 27.7 Å². The van der Waals surface area contributed by atoms with Crippen LogP contribution in [0.5, 0.6) is 0 Å². The maximum Gasteiger partial charge on any atom is 0.338 e. The lowest BCUT2D eigenvalue weighted by molar-refractivity contribution is -0.136. The smallest absolute Gasteiger partial charge is 0.338 e. The standard InChI is InChI=1S/C22H19ClN4O5/c1-12(28)24-13-6-8-14(9-7-13)25-18(29)10-27-17-11-32-21(30)19(17)20(26-22(27)31)15-4-2-3-5-16(15)23/h2-9,20H,10-11H2,1H3,(H,24,28)(H,25,29)(H,26,31)/t20-/m1/s1. The summed E-state index contributed by atoms with van der Waals surface area (Å²) >= 11 is 6.27. The Kier molecular flexibility index (Phi) is 5.83. The Morgan fingerprint density at radius 3 is 2.41 bits per heavy atom. The number of nitrogens with one attached hydrogen (secondary N) is 3. The molecule has 2 aromatic carbocycles. The predicted octanol–water partition coefficient (Wildman–Crippen LogP) is 2.81. The number of anilines is 2. The van der Waals surface area contributed by atoms with Crippen LogP contribution in [0.25, 0.3) is 0 Å². The lowest BCUT2D eigenvalue weighted by Crippen LogP contribution is -2.49. The first kappa shape index (κ1) is 21.4. The average molecular weight is 455 g/mol. The Balaban J connectivity index is 1.52. The van der Waals surface area contributed by atoms with E-state index in [2.05, 4.69) is 16.0 Å². The number of benzene rings is 2. The van der Waals surface area contributed by atoms with Gasteiger partial charge < -0.3 is 20.7 Å². The van der Waals surface area contributed by atoms with Crippen LogP contribution in [-0.4, -0.2) is 41.9 Å². The molecule has 10 heteroatoms. The van der Waals surface area contributed by atoms with Crippen molar-refractivity contribution < 1.29 is 23.9 Å². The highest BCUT2D eigenvalue weighted by Gasteiger charge is 2.43. The quantitative estimate of drug-likeness (QED) is 0.600. The van der Waals surface area contributed by atoms with E-state index in [0.717, 1.165) is 0 Å². The first-order chi connectivity index (χ1) is 15.3. The third-order valence-corrected chi connectivity index (χ3v) is 5.35. The van der Waals surface area contributed by atoms with Crippen molar-refractivity contribution in [1.82, 2.24) is 10.2 Å². The Morgan fingerprint density at radius 2 is 1.75 bits per heavy atom. The Bertz CT molecular complexity index is 1150. The van der Waals surface area contributed by atoms with E-state index >= 15 is 0 Å². The lowest BCUT2D eigenvalue weighted by atomic mass is 9.95. The summed E-state index contributed by atoms with van der Waals surface area (Å²) in [5.74, 6) is -1.23. The van der Waals surface area contributed by atoms with E-state index < -0.39 is 23.9 Å². The summed E-state index contributed by atoms with van der Waals surface area (Å²) in [4.78, 5) is 50.1. The molecule has 0 fully saturated rings. The number of halogens is 1. The van der Waals surface area contributed by atoms with Gasteiger partial charge in [0, 0.05) is 23.3 Å². The maximum absolute atomic E-state index is 12.8. The highest BCUT2D eigenvalue weighted by Crippen LogP contribution is 2.37. The summed E-state index contributed by atoms with van der Waals surface area (Å²) in [6.45, 7) is 0.974. The minimum Gasteiger partial charge on any atom is -0.456 e. The van der Waals surface area contributed by atoms with E-state index in [1.165, 1.54) is 11.8 Å². The molecular weight excluding hydrogens is 436 g/mol. The molecule has 2 aliphatic rings. The molecule has 32 heavy (non-hydrogen) atoms. The minimum absolute atomic E-state index is 0.110. The van der Waals surface area contributed by atoms with Crippen molar-refractivity contribution in [2.24, 2.45) is 0 Å². The van der Waals surface area contributed by atoms with Crippen molar-refractivity contribution >= 4 is 46.8 Å². The van der Waals surface area contributed by atoms with Gasteiger partial charge in [-0.1, -0.05) is 29.8 Å². The van der Waals surface area contributed by atoms with Crippen LogP contribution in [0.15, 0.2) is 59.8 Å². The molecule has 4 amide bonds. The van der Waals surface area contributed by atoms with Crippen molar-refractivity contribution in [2.45, 2.75) is 13.0 Å². The minimum atomic E-state index is -0.762. The third kappa shape index (κ3) is 4.28. The zero-order chi connectivity index (χ0) is 22.8. The van der Waals surface area contributed by atoms with Gasteiger partial charge in [-0.25, -0.2) is 9.59 Å². The summed E-state index contributed by atoms with van der Waals surface area (Å²) in [5, 5.41) is 8.47. The van der Waals surface area contributed by atoms with Gasteiger partial charge in [0.2, 0.25) is 11.8 Å². The number of nitrogens with zero attached hydrogens (tertiary/aromatic N) is 1. The molecule has 0 bridgehead atoms. The van der Waals surface area contributed by atoms with Crippen molar-refractivity contribution in [3.05, 3.63) is 70.4 Å². The van der Waals surface area contributed by atoms with Gasteiger partial charge in [-0.3, -0.25) is 14.5 Å². The first-order valence-electron chi connectivity index (χ1n) is 9.73. The van der Waals surface area contributed by atoms with Crippen molar-refractivity contribution in [2.75, 3.05) is 23.8 Å². The molecule has 3 N–H and O–H groups in total. The molecule has 2 aromatic rings. The van der Waals surface area contributed by atoms with Gasteiger partial charge in [-0.2, -0.15) is 0 Å². The number of urea groups is 1. The van der Waals surface area contributed by atoms with Crippen LogP contribution in [0.1, 0.15) is 18.5 Å². The molecule has 0 aliphatic carbocycles. The predicted molar refractivity (Wildman–Crippen MR) is 117 cm³/mol. The van der Waals surface area contributed by atoms with Crippen LogP contribution >= 0.6 is 11.6 Å². The highest BCUT2D eigenvalue weighted by atomic mass is 35.5. The summed E-state index contributed by atoms with van der Waals surface area (Å²) < 4.78 is 5.16. The van der Waals surface area contributed by atoms with E-state index in [9.17, 15) is 19.2 Å². The molecule has 0 unspecified atom stereocenters. The molecule has 2 aliphatic heterocycles. The molecule has 4 rings (SSSR count). The number of ether oxygens (including phenoxy) is 1. The SMILES string of the molecule is CC(=O)Nc1ccc(NC(=O)CN2C(=O)N[C@H](c3ccccc3Cl)C3=C2COC3=O)cc1. The van der Waals surface area contributed by atoms with Gasteiger partial charge in [0.25, 0.3) is 0 Å². The largest absolute Gasteiger partial charge is 0.456 e. The monoisotopic (exact) mass is 454 g/mol. The topological polar surface area (TPSA) is 117 Å². The van der Waals surface area contributed by atoms with Crippen LogP contribution in [0.4, 0.5) is 16.2 Å². The van der Waals surface area contributed by atoms with Gasteiger partial charge in [0.1, 0.15) is 13.2 Å². The summed E-state index contributed by atoms with van der Waals surface area (Å²) in [6, 6.07) is 12.1. The van der Waals surface area contributed by atoms with Gasteiger partial charge >= 0.3 is 12.0 Å². The Labute approximate surface area is 188 Å². The molecule has 164 valence electrons. The fourth-order valence-electron chi connectivity index (χ4n) is 3.61. The molecule has 0 saturated heterocycles. The number of carbonyl (C=O) groups is 4. The van der Waals surface area contributed by atoms with Crippen LogP contribution < -0.4 is 16.0 Å². The second-order valence-corrected chi connectivity index (χ2v) is 7.64. The zero-order valence-corrected chi connectivity index (χ0v) is 17.7. The van der Waals surface area contributed by atoms with E-state index in [4.69, 9.17) is 16.3 Å². The summed E-state index contributed by atoms with van der Waals surface area (Å²) in [5.41, 5.74) is 2.23.